The smallest absolute Gasteiger partial charge is 0.315 e. The fourth-order valence-electron chi connectivity index (χ4n) is 1.49. The third-order valence-electron chi connectivity index (χ3n) is 2.52. The molecular weight excluding hydrogens is 284 g/mol. The molecule has 5 nitrogen and oxygen atoms in total. The minimum Gasteiger partial charge on any atom is -0.336 e. The summed E-state index contributed by atoms with van der Waals surface area (Å²) in [6, 6.07) is 3.55. The number of hydrogen-bond donors (Lipinski definition) is 2. The lowest BCUT2D eigenvalue weighted by Crippen LogP contribution is -2.41. The van der Waals surface area contributed by atoms with Crippen molar-refractivity contribution in [1.82, 2.24) is 10.6 Å². The fourth-order valence-corrected chi connectivity index (χ4v) is 3.10. The molecule has 0 radical (unpaired) electrons. The standard InChI is InChI=1S/C12H20N2O3S2/c1-9(6-7-19(3,16)17)14-12(15)13-8-11-5-4-10(2)18-11/h4-5,9H,6-8H2,1-3H3,(H2,13,14,15). The Hall–Kier alpha value is -1.08. The molecule has 1 rings (SSSR count). The Morgan fingerprint density at radius 3 is 2.63 bits per heavy atom. The number of amides is 2. The van der Waals surface area contributed by atoms with Gasteiger partial charge in [-0.15, -0.1) is 11.3 Å². The van der Waals surface area contributed by atoms with E-state index < -0.39 is 9.84 Å². The molecule has 0 aliphatic rings. The van der Waals surface area contributed by atoms with Gasteiger partial charge in [-0.3, -0.25) is 0 Å². The van der Waals surface area contributed by atoms with Gasteiger partial charge in [0.1, 0.15) is 9.84 Å². The molecule has 1 aromatic heterocycles. The minimum atomic E-state index is -2.98. The second-order valence-corrected chi connectivity index (χ2v) is 8.29. The summed E-state index contributed by atoms with van der Waals surface area (Å²) in [6.45, 7) is 4.30. The first-order valence-electron chi connectivity index (χ1n) is 6.03. The van der Waals surface area contributed by atoms with Crippen molar-refractivity contribution < 1.29 is 13.2 Å². The van der Waals surface area contributed by atoms with Crippen molar-refractivity contribution in [2.75, 3.05) is 12.0 Å². The highest BCUT2D eigenvalue weighted by molar-refractivity contribution is 7.90. The van der Waals surface area contributed by atoms with Gasteiger partial charge in [0.2, 0.25) is 0 Å². The molecule has 0 fully saturated rings. The summed E-state index contributed by atoms with van der Waals surface area (Å²) >= 11 is 1.64. The number of urea groups is 1. The van der Waals surface area contributed by atoms with E-state index in [0.717, 1.165) is 4.88 Å². The maximum Gasteiger partial charge on any atom is 0.315 e. The first-order valence-corrected chi connectivity index (χ1v) is 8.91. The molecule has 2 amide bonds. The van der Waals surface area contributed by atoms with Crippen molar-refractivity contribution in [2.45, 2.75) is 32.9 Å². The quantitative estimate of drug-likeness (QED) is 0.839. The Morgan fingerprint density at radius 1 is 1.42 bits per heavy atom. The van der Waals surface area contributed by atoms with Crippen LogP contribution in [0.2, 0.25) is 0 Å². The van der Waals surface area contributed by atoms with Crippen LogP contribution in [0.25, 0.3) is 0 Å². The van der Waals surface area contributed by atoms with E-state index >= 15 is 0 Å². The number of hydrogen-bond acceptors (Lipinski definition) is 4. The van der Waals surface area contributed by atoms with Gasteiger partial charge in [-0.25, -0.2) is 13.2 Å². The number of sulfone groups is 1. The molecule has 1 unspecified atom stereocenters. The van der Waals surface area contributed by atoms with Crippen LogP contribution in [0.4, 0.5) is 4.79 Å². The van der Waals surface area contributed by atoms with Crippen LogP contribution >= 0.6 is 11.3 Å². The van der Waals surface area contributed by atoms with E-state index in [1.807, 2.05) is 19.1 Å². The molecule has 0 aromatic carbocycles. The monoisotopic (exact) mass is 304 g/mol. The van der Waals surface area contributed by atoms with Crippen molar-refractivity contribution in [1.29, 1.82) is 0 Å². The molecule has 0 spiro atoms. The lowest BCUT2D eigenvalue weighted by Gasteiger charge is -2.13. The second kappa shape index (κ2) is 6.91. The molecule has 2 N–H and O–H groups in total. The Bertz CT molecular complexity index is 523. The summed E-state index contributed by atoms with van der Waals surface area (Å²) in [5.41, 5.74) is 0. The van der Waals surface area contributed by atoms with Crippen LogP contribution in [-0.4, -0.2) is 32.5 Å². The van der Waals surface area contributed by atoms with Crippen molar-refractivity contribution in [2.24, 2.45) is 0 Å². The van der Waals surface area contributed by atoms with E-state index in [2.05, 4.69) is 10.6 Å². The van der Waals surface area contributed by atoms with Gasteiger partial charge in [0.05, 0.1) is 12.3 Å². The van der Waals surface area contributed by atoms with Crippen LogP contribution in [-0.2, 0) is 16.4 Å². The summed E-state index contributed by atoms with van der Waals surface area (Å²) in [4.78, 5) is 13.9. The highest BCUT2D eigenvalue weighted by atomic mass is 32.2. The summed E-state index contributed by atoms with van der Waals surface area (Å²) in [6.07, 6.45) is 1.61. The number of rotatable bonds is 6. The minimum absolute atomic E-state index is 0.0819. The topological polar surface area (TPSA) is 75.3 Å². The van der Waals surface area contributed by atoms with Crippen molar-refractivity contribution in [3.63, 3.8) is 0 Å². The molecule has 0 saturated carbocycles. The van der Waals surface area contributed by atoms with Crippen LogP contribution in [0.5, 0.6) is 0 Å². The van der Waals surface area contributed by atoms with Gasteiger partial charge in [-0.2, -0.15) is 0 Å². The van der Waals surface area contributed by atoms with Gasteiger partial charge < -0.3 is 10.6 Å². The Morgan fingerprint density at radius 2 is 2.11 bits per heavy atom. The zero-order chi connectivity index (χ0) is 14.5. The normalized spacial score (nSPS) is 13.0. The van der Waals surface area contributed by atoms with Crippen molar-refractivity contribution >= 4 is 27.2 Å². The van der Waals surface area contributed by atoms with Gasteiger partial charge >= 0.3 is 6.03 Å². The molecular formula is C12H20N2O3S2. The van der Waals surface area contributed by atoms with E-state index in [1.54, 1.807) is 18.3 Å². The third-order valence-corrected chi connectivity index (χ3v) is 4.50. The van der Waals surface area contributed by atoms with Crippen molar-refractivity contribution in [3.8, 4) is 0 Å². The first kappa shape index (κ1) is 16.0. The third kappa shape index (κ3) is 7.17. The predicted octanol–water partition coefficient (Wildman–Crippen LogP) is 1.68. The zero-order valence-corrected chi connectivity index (χ0v) is 13.0. The molecule has 0 bridgehead atoms. The second-order valence-electron chi connectivity index (χ2n) is 4.66. The summed E-state index contributed by atoms with van der Waals surface area (Å²) < 4.78 is 22.0. The maximum absolute atomic E-state index is 11.6. The number of carbonyl (C=O) groups excluding carboxylic acids is 1. The van der Waals surface area contributed by atoms with E-state index in [1.165, 1.54) is 11.1 Å². The first-order chi connectivity index (χ1) is 8.76. The van der Waals surface area contributed by atoms with Crippen LogP contribution in [0.3, 0.4) is 0 Å². The average molecular weight is 304 g/mol. The Kier molecular flexibility index (Phi) is 5.81. The number of carbonyl (C=O) groups is 1. The van der Waals surface area contributed by atoms with Gasteiger partial charge in [0.25, 0.3) is 0 Å². The largest absolute Gasteiger partial charge is 0.336 e. The van der Waals surface area contributed by atoms with Gasteiger partial charge in [-0.05, 0) is 32.4 Å². The highest BCUT2D eigenvalue weighted by Gasteiger charge is 2.10. The lowest BCUT2D eigenvalue weighted by molar-refractivity contribution is 0.237. The highest BCUT2D eigenvalue weighted by Crippen LogP contribution is 2.14. The molecule has 19 heavy (non-hydrogen) atoms. The average Bonchev–Trinajstić information content (AvgIpc) is 2.69. The fraction of sp³-hybridized carbons (Fsp3) is 0.583. The predicted molar refractivity (Wildman–Crippen MR) is 78.2 cm³/mol. The SMILES string of the molecule is Cc1ccc(CNC(=O)NC(C)CCS(C)(=O)=O)s1. The number of aryl methyl sites for hydroxylation is 1. The number of nitrogens with one attached hydrogen (secondary N) is 2. The molecule has 0 aliphatic carbocycles. The Labute approximate surface area is 118 Å². The summed E-state index contributed by atoms with van der Waals surface area (Å²) in [5, 5.41) is 5.47. The molecule has 108 valence electrons. The van der Waals surface area contributed by atoms with Gasteiger partial charge in [0.15, 0.2) is 0 Å². The van der Waals surface area contributed by atoms with Gasteiger partial charge in [-0.1, -0.05) is 0 Å². The van der Waals surface area contributed by atoms with Crippen LogP contribution in [0, 0.1) is 6.92 Å². The van der Waals surface area contributed by atoms with Crippen LogP contribution in [0.1, 0.15) is 23.1 Å². The van der Waals surface area contributed by atoms with E-state index in [4.69, 9.17) is 0 Å². The van der Waals surface area contributed by atoms with Crippen LogP contribution in [0.15, 0.2) is 12.1 Å². The lowest BCUT2D eigenvalue weighted by atomic mass is 10.3. The zero-order valence-electron chi connectivity index (χ0n) is 11.4. The maximum atomic E-state index is 11.6. The molecule has 1 aromatic rings. The summed E-state index contributed by atoms with van der Waals surface area (Å²) in [7, 11) is -2.98. The molecule has 1 heterocycles. The van der Waals surface area contributed by atoms with E-state index in [0.29, 0.717) is 13.0 Å². The summed E-state index contributed by atoms with van der Waals surface area (Å²) in [5.74, 6) is 0.0819. The molecule has 7 heteroatoms. The Balaban J connectivity index is 2.27. The number of thiophene rings is 1. The van der Waals surface area contributed by atoms with Crippen molar-refractivity contribution in [3.05, 3.63) is 21.9 Å². The van der Waals surface area contributed by atoms with Crippen LogP contribution < -0.4 is 10.6 Å². The molecule has 0 saturated heterocycles. The molecule has 0 aliphatic heterocycles. The van der Waals surface area contributed by atoms with E-state index in [-0.39, 0.29) is 17.8 Å². The van der Waals surface area contributed by atoms with E-state index in [9.17, 15) is 13.2 Å². The van der Waals surface area contributed by atoms with Gasteiger partial charge in [0, 0.05) is 22.1 Å². The molecule has 1 atom stereocenters.